The zero-order valence-electron chi connectivity index (χ0n) is 9.87. The second-order valence-electron chi connectivity index (χ2n) is 5.08. The van der Waals surface area contributed by atoms with Gasteiger partial charge >= 0.3 is 0 Å². The Kier molecular flexibility index (Phi) is 3.03. The zero-order chi connectivity index (χ0) is 12.6. The Bertz CT molecular complexity index is 479. The average Bonchev–Trinajstić information content (AvgIpc) is 2.31. The van der Waals surface area contributed by atoms with E-state index in [1.807, 2.05) is 13.8 Å². The molecule has 0 aromatic heterocycles. The number of rotatable bonds is 2. The molecule has 0 saturated heterocycles. The highest BCUT2D eigenvalue weighted by molar-refractivity contribution is 6.33. The molecule has 0 heterocycles. The first-order chi connectivity index (χ1) is 7.95. The maximum Gasteiger partial charge on any atom is 0.0992 e. The van der Waals surface area contributed by atoms with Crippen LogP contribution in [0.15, 0.2) is 18.2 Å². The Hall–Kier alpha value is -1.24. The highest BCUT2D eigenvalue weighted by Crippen LogP contribution is 2.43. The van der Waals surface area contributed by atoms with E-state index in [2.05, 4.69) is 11.4 Å². The summed E-state index contributed by atoms with van der Waals surface area (Å²) >= 11 is 6.07. The molecular weight excluding hydrogens is 236 g/mol. The van der Waals surface area contributed by atoms with Gasteiger partial charge in [0.2, 0.25) is 0 Å². The van der Waals surface area contributed by atoms with Crippen molar-refractivity contribution in [2.75, 3.05) is 5.32 Å². The number of benzene rings is 1. The fourth-order valence-electron chi connectivity index (χ4n) is 2.04. The van der Waals surface area contributed by atoms with Crippen LogP contribution in [0.1, 0.15) is 25.8 Å². The third-order valence-electron chi connectivity index (χ3n) is 3.64. The summed E-state index contributed by atoms with van der Waals surface area (Å²) in [5.74, 6) is 0. The highest BCUT2D eigenvalue weighted by Gasteiger charge is 2.47. The van der Waals surface area contributed by atoms with Crippen molar-refractivity contribution in [2.24, 2.45) is 5.41 Å². The maximum atomic E-state index is 9.67. The molecule has 4 heteroatoms. The van der Waals surface area contributed by atoms with Gasteiger partial charge in [0, 0.05) is 11.5 Å². The minimum Gasteiger partial charge on any atom is -0.392 e. The Morgan fingerprint density at radius 2 is 2.24 bits per heavy atom. The van der Waals surface area contributed by atoms with Gasteiger partial charge in [-0.3, -0.25) is 0 Å². The van der Waals surface area contributed by atoms with Crippen LogP contribution < -0.4 is 5.32 Å². The quantitative estimate of drug-likeness (QED) is 0.849. The van der Waals surface area contributed by atoms with Crippen LogP contribution in [-0.2, 0) is 0 Å². The van der Waals surface area contributed by atoms with E-state index in [1.54, 1.807) is 18.2 Å². The van der Waals surface area contributed by atoms with E-state index in [1.165, 1.54) is 0 Å². The van der Waals surface area contributed by atoms with E-state index >= 15 is 0 Å². The van der Waals surface area contributed by atoms with Crippen LogP contribution >= 0.6 is 11.6 Å². The molecule has 1 aliphatic rings. The zero-order valence-corrected chi connectivity index (χ0v) is 10.6. The normalized spacial score (nSPS) is 25.8. The lowest BCUT2D eigenvalue weighted by atomic mass is 9.64. The largest absolute Gasteiger partial charge is 0.392 e. The van der Waals surface area contributed by atoms with Crippen molar-refractivity contribution in [3.8, 4) is 6.07 Å². The number of hydrogen-bond acceptors (Lipinski definition) is 3. The number of nitrogens with one attached hydrogen (secondary N) is 1. The van der Waals surface area contributed by atoms with Crippen molar-refractivity contribution in [3.05, 3.63) is 28.8 Å². The number of nitrogens with zero attached hydrogens (tertiary/aromatic N) is 1. The van der Waals surface area contributed by atoms with Crippen molar-refractivity contribution in [2.45, 2.75) is 32.4 Å². The molecule has 0 aliphatic heterocycles. The molecule has 0 bridgehead atoms. The van der Waals surface area contributed by atoms with Crippen LogP contribution in [0.5, 0.6) is 0 Å². The molecule has 1 fully saturated rings. The first-order valence-corrected chi connectivity index (χ1v) is 5.97. The summed E-state index contributed by atoms with van der Waals surface area (Å²) in [5, 5.41) is 22.4. The van der Waals surface area contributed by atoms with Gasteiger partial charge in [0.1, 0.15) is 0 Å². The van der Waals surface area contributed by atoms with Crippen molar-refractivity contribution < 1.29 is 5.11 Å². The summed E-state index contributed by atoms with van der Waals surface area (Å²) in [7, 11) is 0. The number of halogens is 1. The molecule has 17 heavy (non-hydrogen) atoms. The standard InChI is InChI=1S/C13H15ClN2O/c1-13(2)11(6-12(13)17)16-10-5-8(7-15)3-4-9(10)14/h3-5,11-12,16-17H,6H2,1-2H3. The van der Waals surface area contributed by atoms with Gasteiger partial charge in [-0.25, -0.2) is 0 Å². The third kappa shape index (κ3) is 2.11. The Balaban J connectivity index is 2.18. The third-order valence-corrected chi connectivity index (χ3v) is 3.97. The van der Waals surface area contributed by atoms with E-state index in [-0.39, 0.29) is 17.6 Å². The summed E-state index contributed by atoms with van der Waals surface area (Å²) in [5.41, 5.74) is 1.18. The van der Waals surface area contributed by atoms with Crippen molar-refractivity contribution >= 4 is 17.3 Å². The molecule has 2 atom stereocenters. The summed E-state index contributed by atoms with van der Waals surface area (Å²) in [4.78, 5) is 0. The van der Waals surface area contributed by atoms with Gasteiger partial charge in [-0.05, 0) is 24.6 Å². The van der Waals surface area contributed by atoms with E-state index in [9.17, 15) is 5.11 Å². The molecule has 1 aromatic carbocycles. The van der Waals surface area contributed by atoms with Gasteiger partial charge in [-0.15, -0.1) is 0 Å². The predicted molar refractivity (Wildman–Crippen MR) is 68.0 cm³/mol. The smallest absolute Gasteiger partial charge is 0.0992 e. The Morgan fingerprint density at radius 3 is 2.76 bits per heavy atom. The van der Waals surface area contributed by atoms with Gasteiger partial charge in [0.15, 0.2) is 0 Å². The molecule has 0 amide bonds. The van der Waals surface area contributed by atoms with Crippen LogP contribution in [0.3, 0.4) is 0 Å². The molecule has 90 valence electrons. The van der Waals surface area contributed by atoms with Crippen LogP contribution in [-0.4, -0.2) is 17.3 Å². The van der Waals surface area contributed by atoms with Gasteiger partial charge < -0.3 is 10.4 Å². The topological polar surface area (TPSA) is 56.0 Å². The van der Waals surface area contributed by atoms with Gasteiger partial charge in [-0.2, -0.15) is 5.26 Å². The van der Waals surface area contributed by atoms with Crippen LogP contribution in [0, 0.1) is 16.7 Å². The molecule has 1 aromatic rings. The highest BCUT2D eigenvalue weighted by atomic mass is 35.5. The van der Waals surface area contributed by atoms with E-state index in [0.29, 0.717) is 17.0 Å². The van der Waals surface area contributed by atoms with Crippen LogP contribution in [0.4, 0.5) is 5.69 Å². The molecule has 0 radical (unpaired) electrons. The fraction of sp³-hybridized carbons (Fsp3) is 0.462. The Morgan fingerprint density at radius 1 is 1.53 bits per heavy atom. The molecule has 1 saturated carbocycles. The number of aliphatic hydroxyl groups excluding tert-OH is 1. The summed E-state index contributed by atoms with van der Waals surface area (Å²) in [6, 6.07) is 7.41. The lowest BCUT2D eigenvalue weighted by Crippen LogP contribution is -2.56. The molecular formula is C13H15ClN2O. The number of hydrogen-bond donors (Lipinski definition) is 2. The minimum absolute atomic E-state index is 0.161. The SMILES string of the molecule is CC1(C)C(O)CC1Nc1cc(C#N)ccc1Cl. The van der Waals surface area contributed by atoms with E-state index in [0.717, 1.165) is 5.69 Å². The lowest BCUT2D eigenvalue weighted by molar-refractivity contribution is -0.0510. The van der Waals surface area contributed by atoms with Crippen LogP contribution in [0.2, 0.25) is 5.02 Å². The summed E-state index contributed by atoms with van der Waals surface area (Å²) < 4.78 is 0. The molecule has 2 unspecified atom stereocenters. The van der Waals surface area contributed by atoms with Gasteiger partial charge in [-0.1, -0.05) is 25.4 Å². The number of aliphatic hydroxyl groups is 1. The first kappa shape index (κ1) is 12.2. The molecule has 3 nitrogen and oxygen atoms in total. The van der Waals surface area contributed by atoms with Crippen LogP contribution in [0.25, 0.3) is 0 Å². The molecule has 2 N–H and O–H groups in total. The number of anilines is 1. The van der Waals surface area contributed by atoms with E-state index in [4.69, 9.17) is 16.9 Å². The van der Waals surface area contributed by atoms with E-state index < -0.39 is 0 Å². The summed E-state index contributed by atoms with van der Waals surface area (Å²) in [6.45, 7) is 4.03. The summed E-state index contributed by atoms with van der Waals surface area (Å²) in [6.07, 6.45) is 0.429. The fourth-order valence-corrected chi connectivity index (χ4v) is 2.21. The second kappa shape index (κ2) is 4.21. The molecule has 0 spiro atoms. The second-order valence-corrected chi connectivity index (χ2v) is 5.48. The first-order valence-electron chi connectivity index (χ1n) is 5.59. The average molecular weight is 251 g/mol. The minimum atomic E-state index is -0.280. The van der Waals surface area contributed by atoms with Crippen molar-refractivity contribution in [3.63, 3.8) is 0 Å². The Labute approximate surface area is 106 Å². The molecule has 1 aliphatic carbocycles. The lowest BCUT2D eigenvalue weighted by Gasteiger charge is -2.50. The molecule has 2 rings (SSSR count). The number of nitriles is 1. The maximum absolute atomic E-state index is 9.67. The van der Waals surface area contributed by atoms with Crippen molar-refractivity contribution in [1.82, 2.24) is 0 Å². The van der Waals surface area contributed by atoms with Gasteiger partial charge in [0.25, 0.3) is 0 Å². The monoisotopic (exact) mass is 250 g/mol. The predicted octanol–water partition coefficient (Wildman–Crippen LogP) is 2.78. The van der Waals surface area contributed by atoms with Crippen molar-refractivity contribution in [1.29, 1.82) is 5.26 Å². The van der Waals surface area contributed by atoms with Gasteiger partial charge in [0.05, 0.1) is 28.4 Å².